The summed E-state index contributed by atoms with van der Waals surface area (Å²) in [5.74, 6) is 1.00. The number of hydrogen-bond donors (Lipinski definition) is 1. The number of rotatable bonds is 1. The monoisotopic (exact) mass is 253 g/mol. The van der Waals surface area contributed by atoms with E-state index in [-0.39, 0.29) is 0 Å². The summed E-state index contributed by atoms with van der Waals surface area (Å²) in [4.78, 5) is 12.3. The molecule has 5 nitrogen and oxygen atoms in total. The van der Waals surface area contributed by atoms with Gasteiger partial charge in [0.25, 0.3) is 0 Å². The number of nitrogens with two attached hydrogens (primary N) is 1. The number of halogens is 1. The van der Waals surface area contributed by atoms with Gasteiger partial charge in [0.05, 0.1) is 17.0 Å². The third-order valence-corrected chi connectivity index (χ3v) is 2.43. The third kappa shape index (κ3) is 1.48. The van der Waals surface area contributed by atoms with Gasteiger partial charge in [0.2, 0.25) is 0 Å². The molecule has 0 aliphatic rings. The Bertz CT molecular complexity index is 465. The minimum absolute atomic E-state index is 0.427. The van der Waals surface area contributed by atoms with E-state index in [4.69, 9.17) is 5.73 Å². The van der Waals surface area contributed by atoms with Crippen LogP contribution in [0.4, 0.5) is 5.82 Å². The lowest BCUT2D eigenvalue weighted by Crippen LogP contribution is -1.99. The van der Waals surface area contributed by atoms with Crippen molar-refractivity contribution in [3.63, 3.8) is 0 Å². The van der Waals surface area contributed by atoms with Gasteiger partial charge in [-0.3, -0.25) is 0 Å². The minimum atomic E-state index is 0.427. The number of aryl methyl sites for hydroxylation is 1. The molecular weight excluding hydrogens is 246 g/mol. The number of aromatic nitrogens is 4. The van der Waals surface area contributed by atoms with Gasteiger partial charge in [-0.15, -0.1) is 0 Å². The molecule has 2 rings (SSSR count). The molecule has 0 saturated heterocycles. The first-order chi connectivity index (χ1) is 6.68. The summed E-state index contributed by atoms with van der Waals surface area (Å²) in [7, 11) is 1.88. The first kappa shape index (κ1) is 9.14. The SMILES string of the molecule is Cn1cncc1-c1ncc(Br)c(N)n1. The van der Waals surface area contributed by atoms with E-state index in [1.807, 2.05) is 11.6 Å². The second kappa shape index (κ2) is 3.38. The van der Waals surface area contributed by atoms with Crippen LogP contribution in [-0.4, -0.2) is 19.5 Å². The maximum atomic E-state index is 5.65. The lowest BCUT2D eigenvalue weighted by Gasteiger charge is -2.02. The van der Waals surface area contributed by atoms with Crippen molar-refractivity contribution in [2.45, 2.75) is 0 Å². The second-order valence-corrected chi connectivity index (χ2v) is 3.67. The lowest BCUT2D eigenvalue weighted by molar-refractivity contribution is 0.908. The molecule has 0 amide bonds. The molecule has 72 valence electrons. The molecule has 2 aromatic rings. The number of nitrogen functional groups attached to an aromatic ring is 1. The van der Waals surface area contributed by atoms with Crippen LogP contribution in [-0.2, 0) is 7.05 Å². The van der Waals surface area contributed by atoms with Gasteiger partial charge >= 0.3 is 0 Å². The van der Waals surface area contributed by atoms with Crippen LogP contribution in [0.5, 0.6) is 0 Å². The van der Waals surface area contributed by atoms with E-state index >= 15 is 0 Å². The fourth-order valence-electron chi connectivity index (χ4n) is 1.08. The lowest BCUT2D eigenvalue weighted by atomic mass is 10.4. The summed E-state index contributed by atoms with van der Waals surface area (Å²) < 4.78 is 2.53. The summed E-state index contributed by atoms with van der Waals surface area (Å²) in [5, 5.41) is 0. The van der Waals surface area contributed by atoms with Crippen molar-refractivity contribution in [3.8, 4) is 11.5 Å². The quantitative estimate of drug-likeness (QED) is 0.830. The number of nitrogens with zero attached hydrogens (tertiary/aromatic N) is 4. The molecule has 0 radical (unpaired) electrons. The molecule has 14 heavy (non-hydrogen) atoms. The van der Waals surface area contributed by atoms with E-state index in [9.17, 15) is 0 Å². The van der Waals surface area contributed by atoms with Crippen molar-refractivity contribution >= 4 is 21.7 Å². The fraction of sp³-hybridized carbons (Fsp3) is 0.125. The fourth-order valence-corrected chi connectivity index (χ4v) is 1.27. The zero-order valence-electron chi connectivity index (χ0n) is 7.48. The minimum Gasteiger partial charge on any atom is -0.383 e. The van der Waals surface area contributed by atoms with Crippen LogP contribution in [0.3, 0.4) is 0 Å². The van der Waals surface area contributed by atoms with Crippen LogP contribution in [0, 0.1) is 0 Å². The Morgan fingerprint density at radius 1 is 1.43 bits per heavy atom. The summed E-state index contributed by atoms with van der Waals surface area (Å²) in [5.41, 5.74) is 6.49. The molecule has 2 heterocycles. The molecule has 0 unspecified atom stereocenters. The first-order valence-electron chi connectivity index (χ1n) is 3.93. The van der Waals surface area contributed by atoms with Crippen LogP contribution < -0.4 is 5.73 Å². The predicted octanol–water partition coefficient (Wildman–Crippen LogP) is 1.22. The Kier molecular flexibility index (Phi) is 2.20. The molecule has 0 fully saturated rings. The van der Waals surface area contributed by atoms with Crippen LogP contribution in [0.25, 0.3) is 11.5 Å². The Morgan fingerprint density at radius 2 is 2.21 bits per heavy atom. The zero-order chi connectivity index (χ0) is 10.1. The summed E-state index contributed by atoms with van der Waals surface area (Å²) in [6, 6.07) is 0. The van der Waals surface area contributed by atoms with E-state index in [0.29, 0.717) is 16.1 Å². The molecular formula is C8H8BrN5. The van der Waals surface area contributed by atoms with Crippen molar-refractivity contribution in [3.05, 3.63) is 23.2 Å². The largest absolute Gasteiger partial charge is 0.383 e. The maximum Gasteiger partial charge on any atom is 0.179 e. The van der Waals surface area contributed by atoms with E-state index in [2.05, 4.69) is 30.9 Å². The van der Waals surface area contributed by atoms with Crippen LogP contribution >= 0.6 is 15.9 Å². The van der Waals surface area contributed by atoms with Gasteiger partial charge in [0, 0.05) is 13.2 Å². The Labute approximate surface area is 89.1 Å². The zero-order valence-corrected chi connectivity index (χ0v) is 9.06. The molecule has 0 saturated carbocycles. The van der Waals surface area contributed by atoms with Crippen molar-refractivity contribution in [1.29, 1.82) is 0 Å². The van der Waals surface area contributed by atoms with E-state index in [0.717, 1.165) is 5.69 Å². The second-order valence-electron chi connectivity index (χ2n) is 2.82. The number of imidazole rings is 1. The maximum absolute atomic E-state index is 5.65. The highest BCUT2D eigenvalue weighted by molar-refractivity contribution is 9.10. The molecule has 0 atom stereocenters. The summed E-state index contributed by atoms with van der Waals surface area (Å²) in [6.45, 7) is 0. The van der Waals surface area contributed by atoms with E-state index in [1.165, 1.54) is 0 Å². The van der Waals surface area contributed by atoms with Crippen LogP contribution in [0.1, 0.15) is 0 Å². The molecule has 0 spiro atoms. The molecule has 0 aliphatic heterocycles. The van der Waals surface area contributed by atoms with Crippen molar-refractivity contribution in [2.75, 3.05) is 5.73 Å². The third-order valence-electron chi connectivity index (χ3n) is 1.82. The van der Waals surface area contributed by atoms with E-state index < -0.39 is 0 Å². The van der Waals surface area contributed by atoms with Crippen LogP contribution in [0.15, 0.2) is 23.2 Å². The average Bonchev–Trinajstić information content (AvgIpc) is 2.57. The molecule has 2 aromatic heterocycles. The van der Waals surface area contributed by atoms with Gasteiger partial charge in [0.1, 0.15) is 11.5 Å². The smallest absolute Gasteiger partial charge is 0.179 e. The molecule has 0 aromatic carbocycles. The van der Waals surface area contributed by atoms with Gasteiger partial charge in [-0.05, 0) is 15.9 Å². The van der Waals surface area contributed by atoms with Gasteiger partial charge in [-0.2, -0.15) is 0 Å². The molecule has 0 bridgehead atoms. The van der Waals surface area contributed by atoms with Crippen molar-refractivity contribution < 1.29 is 0 Å². The summed E-state index contributed by atoms with van der Waals surface area (Å²) in [6.07, 6.45) is 5.02. The van der Waals surface area contributed by atoms with Gasteiger partial charge < -0.3 is 10.3 Å². The highest BCUT2D eigenvalue weighted by Crippen LogP contribution is 2.19. The standard InChI is InChI=1S/C8H8BrN5/c1-14-4-11-3-6(14)8-12-2-5(9)7(10)13-8/h2-4H,1H3,(H2,10,12,13). The molecule has 0 aliphatic carbocycles. The Balaban J connectivity index is 2.53. The van der Waals surface area contributed by atoms with Gasteiger partial charge in [0.15, 0.2) is 5.82 Å². The molecule has 2 N–H and O–H groups in total. The Morgan fingerprint density at radius 3 is 2.79 bits per heavy atom. The topological polar surface area (TPSA) is 69.6 Å². The number of hydrogen-bond acceptors (Lipinski definition) is 4. The number of anilines is 1. The average molecular weight is 254 g/mol. The van der Waals surface area contributed by atoms with Crippen molar-refractivity contribution in [1.82, 2.24) is 19.5 Å². The normalized spacial score (nSPS) is 10.4. The molecule has 6 heteroatoms. The highest BCUT2D eigenvalue weighted by Gasteiger charge is 2.07. The van der Waals surface area contributed by atoms with Gasteiger partial charge in [-0.25, -0.2) is 15.0 Å². The Hall–Kier alpha value is -1.43. The highest BCUT2D eigenvalue weighted by atomic mass is 79.9. The van der Waals surface area contributed by atoms with E-state index in [1.54, 1.807) is 18.7 Å². The van der Waals surface area contributed by atoms with Crippen LogP contribution in [0.2, 0.25) is 0 Å². The predicted molar refractivity (Wildman–Crippen MR) is 56.3 cm³/mol. The summed E-state index contributed by atoms with van der Waals surface area (Å²) >= 11 is 3.24. The first-order valence-corrected chi connectivity index (χ1v) is 4.72. The van der Waals surface area contributed by atoms with Gasteiger partial charge in [-0.1, -0.05) is 0 Å². The van der Waals surface area contributed by atoms with Crippen molar-refractivity contribution in [2.24, 2.45) is 7.05 Å².